The van der Waals surface area contributed by atoms with E-state index in [4.69, 9.17) is 5.11 Å². The van der Waals surface area contributed by atoms with Crippen LogP contribution in [0.1, 0.15) is 36.9 Å². The molecule has 0 saturated carbocycles. The second-order valence-corrected chi connectivity index (χ2v) is 5.26. The normalized spacial score (nSPS) is 18.1. The largest absolute Gasteiger partial charge is 0.396 e. The van der Waals surface area contributed by atoms with Gasteiger partial charge in [0, 0.05) is 25.7 Å². The molecule has 0 radical (unpaired) electrons. The highest BCUT2D eigenvalue weighted by atomic mass is 16.3. The van der Waals surface area contributed by atoms with Crippen molar-refractivity contribution >= 4 is 0 Å². The van der Waals surface area contributed by atoms with Crippen LogP contribution in [0.15, 0.2) is 36.4 Å². The standard InChI is InChI=1S/C16H23NO/c1-13(2)12-17(10-5-11-18)16-9-8-14-6-3-4-7-15(14)16/h3-4,6-7,16,18H,1,5,8-12H2,2H3. The summed E-state index contributed by atoms with van der Waals surface area (Å²) in [5, 5.41) is 9.04. The lowest BCUT2D eigenvalue weighted by Crippen LogP contribution is -2.30. The first-order valence-electron chi connectivity index (χ1n) is 6.79. The minimum atomic E-state index is 0.265. The molecule has 98 valence electrons. The maximum absolute atomic E-state index is 9.04. The van der Waals surface area contributed by atoms with E-state index in [1.54, 1.807) is 0 Å². The Morgan fingerprint density at radius 2 is 2.22 bits per heavy atom. The molecule has 1 aliphatic carbocycles. The van der Waals surface area contributed by atoms with Crippen LogP contribution in [0.2, 0.25) is 0 Å². The van der Waals surface area contributed by atoms with Crippen LogP contribution in [0.3, 0.4) is 0 Å². The van der Waals surface area contributed by atoms with Gasteiger partial charge in [0.2, 0.25) is 0 Å². The van der Waals surface area contributed by atoms with Crippen LogP contribution in [0.25, 0.3) is 0 Å². The Labute approximate surface area is 110 Å². The van der Waals surface area contributed by atoms with Crippen molar-refractivity contribution in [1.82, 2.24) is 4.90 Å². The second-order valence-electron chi connectivity index (χ2n) is 5.26. The van der Waals surface area contributed by atoms with Crippen LogP contribution < -0.4 is 0 Å². The molecule has 1 unspecified atom stereocenters. The van der Waals surface area contributed by atoms with Crippen LogP contribution in [0.4, 0.5) is 0 Å². The molecule has 2 rings (SSSR count). The Morgan fingerprint density at radius 3 is 2.94 bits per heavy atom. The van der Waals surface area contributed by atoms with E-state index in [0.29, 0.717) is 6.04 Å². The summed E-state index contributed by atoms with van der Waals surface area (Å²) in [5.41, 5.74) is 4.15. The zero-order chi connectivity index (χ0) is 13.0. The fraction of sp³-hybridized carbons (Fsp3) is 0.500. The summed E-state index contributed by atoms with van der Waals surface area (Å²) < 4.78 is 0. The van der Waals surface area contributed by atoms with Crippen molar-refractivity contribution < 1.29 is 5.11 Å². The molecule has 1 N–H and O–H groups in total. The van der Waals surface area contributed by atoms with Crippen LogP contribution in [-0.4, -0.2) is 29.7 Å². The van der Waals surface area contributed by atoms with Crippen molar-refractivity contribution in [2.45, 2.75) is 32.2 Å². The minimum Gasteiger partial charge on any atom is -0.396 e. The molecule has 0 saturated heterocycles. The number of rotatable bonds is 6. The topological polar surface area (TPSA) is 23.5 Å². The zero-order valence-corrected chi connectivity index (χ0v) is 11.2. The molecule has 1 atom stereocenters. The second kappa shape index (κ2) is 6.17. The maximum Gasteiger partial charge on any atom is 0.0443 e. The van der Waals surface area contributed by atoms with Gasteiger partial charge >= 0.3 is 0 Å². The molecule has 0 aromatic heterocycles. The van der Waals surface area contributed by atoms with E-state index in [1.807, 2.05) is 0 Å². The van der Waals surface area contributed by atoms with Gasteiger partial charge in [-0.25, -0.2) is 0 Å². The number of hydrogen-bond acceptors (Lipinski definition) is 2. The van der Waals surface area contributed by atoms with Gasteiger partial charge in [-0.05, 0) is 37.3 Å². The molecular formula is C16H23NO. The molecule has 0 fully saturated rings. The lowest BCUT2D eigenvalue weighted by Gasteiger charge is -2.29. The molecule has 1 aromatic rings. The highest BCUT2D eigenvalue weighted by Crippen LogP contribution is 2.35. The van der Waals surface area contributed by atoms with E-state index in [2.05, 4.69) is 42.7 Å². The quantitative estimate of drug-likeness (QED) is 0.779. The fourth-order valence-corrected chi connectivity index (χ4v) is 2.88. The molecule has 0 spiro atoms. The van der Waals surface area contributed by atoms with Gasteiger partial charge in [-0.3, -0.25) is 4.90 Å². The summed E-state index contributed by atoms with van der Waals surface area (Å²) in [6.45, 7) is 8.24. The Morgan fingerprint density at radius 1 is 1.44 bits per heavy atom. The van der Waals surface area contributed by atoms with Crippen molar-refractivity contribution in [3.8, 4) is 0 Å². The van der Waals surface area contributed by atoms with Gasteiger partial charge in [0.25, 0.3) is 0 Å². The third-order valence-electron chi connectivity index (χ3n) is 3.62. The van der Waals surface area contributed by atoms with Crippen molar-refractivity contribution in [2.75, 3.05) is 19.7 Å². The number of hydrogen-bond donors (Lipinski definition) is 1. The van der Waals surface area contributed by atoms with Gasteiger partial charge in [-0.2, -0.15) is 0 Å². The number of fused-ring (bicyclic) bond motifs is 1. The van der Waals surface area contributed by atoms with E-state index < -0.39 is 0 Å². The van der Waals surface area contributed by atoms with Crippen LogP contribution in [0.5, 0.6) is 0 Å². The van der Waals surface area contributed by atoms with Gasteiger partial charge in [0.05, 0.1) is 0 Å². The Bertz CT molecular complexity index is 413. The first-order valence-corrected chi connectivity index (χ1v) is 6.79. The van der Waals surface area contributed by atoms with Gasteiger partial charge in [-0.15, -0.1) is 0 Å². The van der Waals surface area contributed by atoms with Gasteiger partial charge in [0.1, 0.15) is 0 Å². The molecule has 1 aromatic carbocycles. The number of aliphatic hydroxyl groups is 1. The smallest absolute Gasteiger partial charge is 0.0443 e. The highest BCUT2D eigenvalue weighted by Gasteiger charge is 2.26. The average Bonchev–Trinajstić information content (AvgIpc) is 2.78. The summed E-state index contributed by atoms with van der Waals surface area (Å²) in [4.78, 5) is 2.46. The van der Waals surface area contributed by atoms with E-state index in [1.165, 1.54) is 29.5 Å². The molecule has 0 bridgehead atoms. The van der Waals surface area contributed by atoms with E-state index in [9.17, 15) is 0 Å². The fourth-order valence-electron chi connectivity index (χ4n) is 2.88. The number of benzene rings is 1. The predicted octanol–water partition coefficient (Wildman–Crippen LogP) is 2.93. The Balaban J connectivity index is 2.14. The Kier molecular flexibility index (Phi) is 4.56. The lowest BCUT2D eigenvalue weighted by molar-refractivity contribution is 0.186. The minimum absolute atomic E-state index is 0.265. The van der Waals surface area contributed by atoms with Gasteiger partial charge in [0.15, 0.2) is 0 Å². The zero-order valence-electron chi connectivity index (χ0n) is 11.2. The van der Waals surface area contributed by atoms with Crippen LogP contribution >= 0.6 is 0 Å². The van der Waals surface area contributed by atoms with E-state index >= 15 is 0 Å². The average molecular weight is 245 g/mol. The number of aryl methyl sites for hydroxylation is 1. The Hall–Kier alpha value is -1.12. The molecule has 0 heterocycles. The lowest BCUT2D eigenvalue weighted by atomic mass is 10.1. The predicted molar refractivity (Wildman–Crippen MR) is 75.6 cm³/mol. The SMILES string of the molecule is C=C(C)CN(CCCO)C1CCc2ccccc21. The van der Waals surface area contributed by atoms with E-state index in [0.717, 1.165) is 19.5 Å². The van der Waals surface area contributed by atoms with Crippen LogP contribution in [0, 0.1) is 0 Å². The van der Waals surface area contributed by atoms with Crippen molar-refractivity contribution in [3.05, 3.63) is 47.5 Å². The van der Waals surface area contributed by atoms with E-state index in [-0.39, 0.29) is 6.61 Å². The summed E-state index contributed by atoms with van der Waals surface area (Å²) in [7, 11) is 0. The van der Waals surface area contributed by atoms with Crippen molar-refractivity contribution in [3.63, 3.8) is 0 Å². The molecule has 18 heavy (non-hydrogen) atoms. The maximum atomic E-state index is 9.04. The van der Waals surface area contributed by atoms with Gasteiger partial charge < -0.3 is 5.11 Å². The molecule has 2 nitrogen and oxygen atoms in total. The highest BCUT2D eigenvalue weighted by molar-refractivity contribution is 5.34. The number of aliphatic hydroxyl groups excluding tert-OH is 1. The third-order valence-corrected chi connectivity index (χ3v) is 3.62. The molecular weight excluding hydrogens is 222 g/mol. The summed E-state index contributed by atoms with van der Waals surface area (Å²) in [6.07, 6.45) is 3.21. The summed E-state index contributed by atoms with van der Waals surface area (Å²) in [5.74, 6) is 0. The monoisotopic (exact) mass is 245 g/mol. The third kappa shape index (κ3) is 3.01. The summed E-state index contributed by atoms with van der Waals surface area (Å²) >= 11 is 0. The van der Waals surface area contributed by atoms with Gasteiger partial charge in [-0.1, -0.05) is 36.4 Å². The van der Waals surface area contributed by atoms with Crippen LogP contribution in [-0.2, 0) is 6.42 Å². The first-order chi connectivity index (χ1) is 8.72. The number of nitrogens with zero attached hydrogens (tertiary/aromatic N) is 1. The summed E-state index contributed by atoms with van der Waals surface area (Å²) in [6, 6.07) is 9.24. The van der Waals surface area contributed by atoms with Crippen molar-refractivity contribution in [1.29, 1.82) is 0 Å². The molecule has 1 aliphatic rings. The first kappa shape index (κ1) is 13.3. The molecule has 0 amide bonds. The molecule has 0 aliphatic heterocycles. The molecule has 2 heteroatoms. The van der Waals surface area contributed by atoms with Crippen molar-refractivity contribution in [2.24, 2.45) is 0 Å².